The standard InChI is InChI=1S/C9H16OS/c10-6-5-8-3-1-2-4-9(8)7-11/h1,3,8-11H,2,4-7H2. The number of hydrogen-bond donors (Lipinski definition) is 2. The van der Waals surface area contributed by atoms with E-state index >= 15 is 0 Å². The third kappa shape index (κ3) is 2.53. The van der Waals surface area contributed by atoms with Gasteiger partial charge in [-0.3, -0.25) is 0 Å². The summed E-state index contributed by atoms with van der Waals surface area (Å²) in [5.74, 6) is 2.22. The van der Waals surface area contributed by atoms with Crippen LogP contribution in [0, 0.1) is 11.8 Å². The van der Waals surface area contributed by atoms with E-state index < -0.39 is 0 Å². The van der Waals surface area contributed by atoms with Gasteiger partial charge in [0.15, 0.2) is 0 Å². The molecule has 0 bridgehead atoms. The minimum absolute atomic E-state index is 0.305. The molecule has 2 heteroatoms. The molecule has 2 atom stereocenters. The van der Waals surface area contributed by atoms with Gasteiger partial charge in [-0.25, -0.2) is 0 Å². The van der Waals surface area contributed by atoms with Gasteiger partial charge in [0.2, 0.25) is 0 Å². The highest BCUT2D eigenvalue weighted by Crippen LogP contribution is 2.27. The molecule has 0 radical (unpaired) electrons. The van der Waals surface area contributed by atoms with E-state index in [4.69, 9.17) is 5.11 Å². The lowest BCUT2D eigenvalue weighted by Crippen LogP contribution is -2.18. The van der Waals surface area contributed by atoms with E-state index in [1.807, 2.05) is 0 Å². The summed E-state index contributed by atoms with van der Waals surface area (Å²) >= 11 is 4.30. The highest BCUT2D eigenvalue weighted by molar-refractivity contribution is 7.80. The summed E-state index contributed by atoms with van der Waals surface area (Å²) in [5, 5.41) is 8.77. The van der Waals surface area contributed by atoms with Crippen LogP contribution in [0.4, 0.5) is 0 Å². The zero-order valence-corrected chi connectivity index (χ0v) is 7.63. The van der Waals surface area contributed by atoms with Gasteiger partial charge >= 0.3 is 0 Å². The fraction of sp³-hybridized carbons (Fsp3) is 0.778. The summed E-state index contributed by atoms with van der Waals surface area (Å²) in [6, 6.07) is 0. The van der Waals surface area contributed by atoms with E-state index in [1.165, 1.54) is 12.8 Å². The fourth-order valence-electron chi connectivity index (χ4n) is 1.66. The first kappa shape index (κ1) is 9.14. The summed E-state index contributed by atoms with van der Waals surface area (Å²) in [4.78, 5) is 0. The molecular formula is C9H16OS. The lowest BCUT2D eigenvalue weighted by atomic mass is 9.83. The zero-order chi connectivity index (χ0) is 8.10. The highest BCUT2D eigenvalue weighted by atomic mass is 32.1. The second-order valence-electron chi connectivity index (χ2n) is 3.12. The lowest BCUT2D eigenvalue weighted by molar-refractivity contribution is 0.242. The Morgan fingerprint density at radius 2 is 2.36 bits per heavy atom. The molecule has 1 N–H and O–H groups in total. The molecule has 0 saturated carbocycles. The Hall–Kier alpha value is 0.0500. The fourth-order valence-corrected chi connectivity index (χ4v) is 2.11. The third-order valence-corrected chi connectivity index (χ3v) is 2.86. The van der Waals surface area contributed by atoms with E-state index in [0.717, 1.165) is 12.2 Å². The Bertz CT molecular complexity index is 134. The van der Waals surface area contributed by atoms with Gasteiger partial charge in [-0.1, -0.05) is 12.2 Å². The molecule has 0 aliphatic heterocycles. The van der Waals surface area contributed by atoms with Crippen LogP contribution in [-0.4, -0.2) is 17.5 Å². The summed E-state index contributed by atoms with van der Waals surface area (Å²) in [6.45, 7) is 0.305. The molecule has 0 aromatic rings. The van der Waals surface area contributed by atoms with Crippen LogP contribution in [0.1, 0.15) is 19.3 Å². The molecule has 0 saturated heterocycles. The maximum absolute atomic E-state index is 8.77. The Balaban J connectivity index is 2.43. The van der Waals surface area contributed by atoms with Crippen molar-refractivity contribution in [3.05, 3.63) is 12.2 Å². The van der Waals surface area contributed by atoms with Crippen LogP contribution in [0.5, 0.6) is 0 Å². The SMILES string of the molecule is OCCC1C=CCCC1CS. The minimum Gasteiger partial charge on any atom is -0.396 e. The Labute approximate surface area is 73.9 Å². The molecule has 0 fully saturated rings. The van der Waals surface area contributed by atoms with Gasteiger partial charge in [0.1, 0.15) is 0 Å². The zero-order valence-electron chi connectivity index (χ0n) is 6.74. The number of aliphatic hydroxyl groups is 1. The highest BCUT2D eigenvalue weighted by Gasteiger charge is 2.19. The molecule has 2 unspecified atom stereocenters. The quantitative estimate of drug-likeness (QED) is 0.492. The average Bonchev–Trinajstić information content (AvgIpc) is 2.06. The first-order valence-corrected chi connectivity index (χ1v) is 4.90. The molecule has 11 heavy (non-hydrogen) atoms. The first-order chi connectivity index (χ1) is 5.38. The maximum Gasteiger partial charge on any atom is 0.0436 e. The first-order valence-electron chi connectivity index (χ1n) is 4.27. The molecule has 0 heterocycles. The molecular weight excluding hydrogens is 156 g/mol. The molecule has 1 aliphatic rings. The van der Waals surface area contributed by atoms with E-state index in [2.05, 4.69) is 24.8 Å². The third-order valence-electron chi connectivity index (χ3n) is 2.39. The molecule has 0 amide bonds. The van der Waals surface area contributed by atoms with Crippen molar-refractivity contribution in [1.82, 2.24) is 0 Å². The molecule has 1 rings (SSSR count). The van der Waals surface area contributed by atoms with Crippen LogP contribution in [0.15, 0.2) is 12.2 Å². The maximum atomic E-state index is 8.77. The van der Waals surface area contributed by atoms with Crippen molar-refractivity contribution in [2.24, 2.45) is 11.8 Å². The number of thiol groups is 1. The van der Waals surface area contributed by atoms with Crippen molar-refractivity contribution < 1.29 is 5.11 Å². The molecule has 1 nitrogen and oxygen atoms in total. The minimum atomic E-state index is 0.305. The van der Waals surface area contributed by atoms with Crippen molar-refractivity contribution in [3.8, 4) is 0 Å². The number of aliphatic hydroxyl groups excluding tert-OH is 1. The molecule has 0 aromatic carbocycles. The monoisotopic (exact) mass is 172 g/mol. The summed E-state index contributed by atoms with van der Waals surface area (Å²) in [6.07, 6.45) is 7.79. The second-order valence-corrected chi connectivity index (χ2v) is 3.49. The molecule has 64 valence electrons. The second kappa shape index (κ2) is 4.83. The predicted octanol–water partition coefficient (Wildman–Crippen LogP) is 1.88. The normalized spacial score (nSPS) is 30.7. The van der Waals surface area contributed by atoms with E-state index in [-0.39, 0.29) is 0 Å². The Kier molecular flexibility index (Phi) is 4.02. The topological polar surface area (TPSA) is 20.2 Å². The van der Waals surface area contributed by atoms with Crippen LogP contribution < -0.4 is 0 Å². The van der Waals surface area contributed by atoms with Crippen molar-refractivity contribution in [1.29, 1.82) is 0 Å². The van der Waals surface area contributed by atoms with Crippen LogP contribution in [0.25, 0.3) is 0 Å². The lowest BCUT2D eigenvalue weighted by Gasteiger charge is -2.25. The van der Waals surface area contributed by atoms with Crippen LogP contribution >= 0.6 is 12.6 Å². The molecule has 0 aromatic heterocycles. The van der Waals surface area contributed by atoms with Crippen molar-refractivity contribution in [2.75, 3.05) is 12.4 Å². The summed E-state index contributed by atoms with van der Waals surface area (Å²) in [5.41, 5.74) is 0. The van der Waals surface area contributed by atoms with Gasteiger partial charge < -0.3 is 5.11 Å². The van der Waals surface area contributed by atoms with Gasteiger partial charge in [-0.15, -0.1) is 0 Å². The van der Waals surface area contributed by atoms with Gasteiger partial charge in [0.05, 0.1) is 0 Å². The van der Waals surface area contributed by atoms with Crippen molar-refractivity contribution >= 4 is 12.6 Å². The average molecular weight is 172 g/mol. The Morgan fingerprint density at radius 3 is 3.00 bits per heavy atom. The summed E-state index contributed by atoms with van der Waals surface area (Å²) < 4.78 is 0. The Morgan fingerprint density at radius 1 is 1.55 bits per heavy atom. The van der Waals surface area contributed by atoms with Gasteiger partial charge in [-0.2, -0.15) is 12.6 Å². The van der Waals surface area contributed by atoms with E-state index in [9.17, 15) is 0 Å². The van der Waals surface area contributed by atoms with E-state index in [1.54, 1.807) is 0 Å². The number of rotatable bonds is 3. The predicted molar refractivity (Wildman–Crippen MR) is 50.9 cm³/mol. The van der Waals surface area contributed by atoms with Gasteiger partial charge in [0.25, 0.3) is 0 Å². The van der Waals surface area contributed by atoms with Gasteiger partial charge in [0, 0.05) is 6.61 Å². The number of allylic oxidation sites excluding steroid dienone is 2. The van der Waals surface area contributed by atoms with Gasteiger partial charge in [-0.05, 0) is 36.9 Å². The van der Waals surface area contributed by atoms with Crippen LogP contribution in [-0.2, 0) is 0 Å². The number of hydrogen-bond acceptors (Lipinski definition) is 2. The largest absolute Gasteiger partial charge is 0.396 e. The molecule has 0 spiro atoms. The van der Waals surface area contributed by atoms with Crippen LogP contribution in [0.2, 0.25) is 0 Å². The van der Waals surface area contributed by atoms with E-state index in [0.29, 0.717) is 18.4 Å². The molecule has 1 aliphatic carbocycles. The summed E-state index contributed by atoms with van der Waals surface area (Å²) in [7, 11) is 0. The van der Waals surface area contributed by atoms with Crippen LogP contribution in [0.3, 0.4) is 0 Å². The van der Waals surface area contributed by atoms with Crippen molar-refractivity contribution in [2.45, 2.75) is 19.3 Å². The van der Waals surface area contributed by atoms with Crippen molar-refractivity contribution in [3.63, 3.8) is 0 Å². The smallest absolute Gasteiger partial charge is 0.0436 e.